The van der Waals surface area contributed by atoms with Gasteiger partial charge in [0, 0.05) is 38.5 Å². The maximum Gasteiger partial charge on any atom is 0.164 e. The zero-order valence-electron chi connectivity index (χ0n) is 26.9. The molecule has 3 heterocycles. The van der Waals surface area contributed by atoms with Gasteiger partial charge in [-0.1, -0.05) is 133 Å². The largest absolute Gasteiger partial charge is 0.456 e. The SMILES string of the molecule is c1ccc(-c2nc(-c3ccccc3)nc(-c3ccc(-c4ccc(-n5c6ccccc6c6ccc7oc8ccccc8c7c65)cc4)cc3)n2)cc1. The van der Waals surface area contributed by atoms with Crippen molar-refractivity contribution in [3.8, 4) is 51.0 Å². The highest BCUT2D eigenvalue weighted by Gasteiger charge is 2.19. The van der Waals surface area contributed by atoms with Gasteiger partial charge in [0.2, 0.25) is 0 Å². The molecule has 5 heteroatoms. The fraction of sp³-hybridized carbons (Fsp3) is 0. The summed E-state index contributed by atoms with van der Waals surface area (Å²) in [5.41, 5.74) is 10.3. The Balaban J connectivity index is 1.05. The number of rotatable bonds is 5. The highest BCUT2D eigenvalue weighted by molar-refractivity contribution is 6.24. The second-order valence-electron chi connectivity index (χ2n) is 12.4. The number of nitrogens with zero attached hydrogens (tertiary/aromatic N) is 4. The third-order valence-electron chi connectivity index (χ3n) is 9.48. The molecule has 7 aromatic carbocycles. The van der Waals surface area contributed by atoms with Gasteiger partial charge in [-0.05, 0) is 47.5 Å². The zero-order chi connectivity index (χ0) is 33.0. The Labute approximate surface area is 287 Å². The van der Waals surface area contributed by atoms with E-state index in [1.165, 1.54) is 16.3 Å². The van der Waals surface area contributed by atoms with Crippen LogP contribution < -0.4 is 0 Å². The Morgan fingerprint density at radius 1 is 0.360 bits per heavy atom. The fourth-order valence-electron chi connectivity index (χ4n) is 7.09. The van der Waals surface area contributed by atoms with Crippen molar-refractivity contribution in [3.63, 3.8) is 0 Å². The van der Waals surface area contributed by atoms with Gasteiger partial charge < -0.3 is 8.98 Å². The molecule has 50 heavy (non-hydrogen) atoms. The van der Waals surface area contributed by atoms with Crippen molar-refractivity contribution in [2.45, 2.75) is 0 Å². The summed E-state index contributed by atoms with van der Waals surface area (Å²) in [6.45, 7) is 0. The van der Waals surface area contributed by atoms with E-state index in [1.54, 1.807) is 0 Å². The summed E-state index contributed by atoms with van der Waals surface area (Å²) in [5, 5.41) is 4.69. The standard InChI is InChI=1S/C45H28N4O/c1-3-11-31(12-4-1)43-46-44(32-13-5-2-6-14-32)48-45(47-43)33-21-19-29(20-22-33)30-23-25-34(26-24-30)49-38-17-9-7-15-35(38)36-27-28-40-41(42(36)49)37-16-8-10-18-39(37)50-40/h1-28H. The van der Waals surface area contributed by atoms with E-state index in [4.69, 9.17) is 19.4 Å². The molecule has 3 aromatic heterocycles. The van der Waals surface area contributed by atoms with Crippen molar-refractivity contribution >= 4 is 43.7 Å². The van der Waals surface area contributed by atoms with E-state index >= 15 is 0 Å². The van der Waals surface area contributed by atoms with Gasteiger partial charge in [-0.3, -0.25) is 0 Å². The molecule has 0 aliphatic carbocycles. The lowest BCUT2D eigenvalue weighted by Gasteiger charge is -2.11. The molecule has 10 rings (SSSR count). The van der Waals surface area contributed by atoms with Gasteiger partial charge in [0.05, 0.1) is 16.4 Å². The van der Waals surface area contributed by atoms with E-state index in [9.17, 15) is 0 Å². The third-order valence-corrected chi connectivity index (χ3v) is 9.48. The van der Waals surface area contributed by atoms with Gasteiger partial charge in [0.25, 0.3) is 0 Å². The predicted molar refractivity (Wildman–Crippen MR) is 203 cm³/mol. The minimum absolute atomic E-state index is 0.643. The number of fused-ring (bicyclic) bond motifs is 7. The first kappa shape index (κ1) is 28.2. The van der Waals surface area contributed by atoms with Crippen LogP contribution in [0.3, 0.4) is 0 Å². The van der Waals surface area contributed by atoms with E-state index in [0.717, 1.165) is 61.0 Å². The highest BCUT2D eigenvalue weighted by Crippen LogP contribution is 2.41. The number of hydrogen-bond acceptors (Lipinski definition) is 4. The Kier molecular flexibility index (Phi) is 6.42. The van der Waals surface area contributed by atoms with Gasteiger partial charge in [-0.15, -0.1) is 0 Å². The molecule has 0 N–H and O–H groups in total. The Hall–Kier alpha value is -6.85. The maximum atomic E-state index is 6.30. The van der Waals surface area contributed by atoms with Gasteiger partial charge in [0.15, 0.2) is 17.5 Å². The molecule has 0 unspecified atom stereocenters. The van der Waals surface area contributed by atoms with Gasteiger partial charge >= 0.3 is 0 Å². The van der Waals surface area contributed by atoms with E-state index in [1.807, 2.05) is 72.8 Å². The normalized spacial score (nSPS) is 11.6. The van der Waals surface area contributed by atoms with Crippen LogP contribution in [0.25, 0.3) is 94.7 Å². The molecule has 5 nitrogen and oxygen atoms in total. The van der Waals surface area contributed by atoms with Crippen LogP contribution in [0.15, 0.2) is 174 Å². The molecule has 0 saturated carbocycles. The molecule has 0 radical (unpaired) electrons. The van der Waals surface area contributed by atoms with E-state index in [2.05, 4.69) is 102 Å². The summed E-state index contributed by atoms with van der Waals surface area (Å²) >= 11 is 0. The summed E-state index contributed by atoms with van der Waals surface area (Å²) in [6.07, 6.45) is 0. The van der Waals surface area contributed by atoms with E-state index in [-0.39, 0.29) is 0 Å². The van der Waals surface area contributed by atoms with Crippen LogP contribution >= 0.6 is 0 Å². The van der Waals surface area contributed by atoms with Crippen LogP contribution in [-0.2, 0) is 0 Å². The lowest BCUT2D eigenvalue weighted by Crippen LogP contribution is -2.00. The van der Waals surface area contributed by atoms with Crippen LogP contribution in [0.1, 0.15) is 0 Å². The van der Waals surface area contributed by atoms with Crippen molar-refractivity contribution in [2.75, 3.05) is 0 Å². The monoisotopic (exact) mass is 640 g/mol. The van der Waals surface area contributed by atoms with Crippen LogP contribution in [0.2, 0.25) is 0 Å². The quantitative estimate of drug-likeness (QED) is 0.188. The van der Waals surface area contributed by atoms with E-state index in [0.29, 0.717) is 17.5 Å². The van der Waals surface area contributed by atoms with E-state index < -0.39 is 0 Å². The maximum absolute atomic E-state index is 6.30. The fourth-order valence-corrected chi connectivity index (χ4v) is 7.09. The molecule has 10 aromatic rings. The van der Waals surface area contributed by atoms with Gasteiger partial charge in [-0.2, -0.15) is 0 Å². The predicted octanol–water partition coefficient (Wildman–Crippen LogP) is 11.5. The molecule has 0 fully saturated rings. The van der Waals surface area contributed by atoms with Crippen LogP contribution in [0, 0.1) is 0 Å². The zero-order valence-corrected chi connectivity index (χ0v) is 26.9. The van der Waals surface area contributed by atoms with Crippen molar-refractivity contribution in [1.82, 2.24) is 19.5 Å². The number of para-hydroxylation sites is 2. The smallest absolute Gasteiger partial charge is 0.164 e. The number of benzene rings is 7. The lowest BCUT2D eigenvalue weighted by atomic mass is 10.0. The first-order chi connectivity index (χ1) is 24.8. The molecule has 0 bridgehead atoms. The minimum Gasteiger partial charge on any atom is -0.456 e. The number of furan rings is 1. The van der Waals surface area contributed by atoms with Gasteiger partial charge in [0.1, 0.15) is 11.2 Å². The number of aromatic nitrogens is 4. The van der Waals surface area contributed by atoms with Crippen molar-refractivity contribution in [1.29, 1.82) is 0 Å². The lowest BCUT2D eigenvalue weighted by molar-refractivity contribution is 0.669. The van der Waals surface area contributed by atoms with Crippen molar-refractivity contribution in [2.24, 2.45) is 0 Å². The van der Waals surface area contributed by atoms with Crippen LogP contribution in [-0.4, -0.2) is 19.5 Å². The molecular weight excluding hydrogens is 613 g/mol. The molecule has 234 valence electrons. The second kappa shape index (κ2) is 11.4. The molecule has 0 saturated heterocycles. The average molecular weight is 641 g/mol. The Morgan fingerprint density at radius 2 is 0.860 bits per heavy atom. The molecule has 0 atom stereocenters. The first-order valence-electron chi connectivity index (χ1n) is 16.7. The average Bonchev–Trinajstić information content (AvgIpc) is 3.74. The Morgan fingerprint density at radius 3 is 1.50 bits per heavy atom. The third kappa shape index (κ3) is 4.60. The van der Waals surface area contributed by atoms with Crippen molar-refractivity contribution in [3.05, 3.63) is 170 Å². The first-order valence-corrected chi connectivity index (χ1v) is 16.7. The number of hydrogen-bond donors (Lipinski definition) is 0. The molecule has 0 aliphatic rings. The van der Waals surface area contributed by atoms with Crippen molar-refractivity contribution < 1.29 is 4.42 Å². The van der Waals surface area contributed by atoms with Crippen LogP contribution in [0.5, 0.6) is 0 Å². The molecule has 0 spiro atoms. The molecule has 0 amide bonds. The summed E-state index contributed by atoms with van der Waals surface area (Å²) in [4.78, 5) is 14.6. The van der Waals surface area contributed by atoms with Crippen LogP contribution in [0.4, 0.5) is 0 Å². The Bertz CT molecular complexity index is 2780. The second-order valence-corrected chi connectivity index (χ2v) is 12.4. The summed E-state index contributed by atoms with van der Waals surface area (Å²) in [5.74, 6) is 1.95. The topological polar surface area (TPSA) is 56.7 Å². The minimum atomic E-state index is 0.643. The molecular formula is C45H28N4O. The highest BCUT2D eigenvalue weighted by atomic mass is 16.3. The van der Waals surface area contributed by atoms with Gasteiger partial charge in [-0.25, -0.2) is 15.0 Å². The molecule has 0 aliphatic heterocycles. The summed E-state index contributed by atoms with van der Waals surface area (Å²) < 4.78 is 8.67. The summed E-state index contributed by atoms with van der Waals surface area (Å²) in [7, 11) is 0. The summed E-state index contributed by atoms with van der Waals surface area (Å²) in [6, 6.07) is 58.6.